The second-order valence-electron chi connectivity index (χ2n) is 6.71. The van der Waals surface area contributed by atoms with Crippen LogP contribution in [0.4, 0.5) is 0 Å². The Labute approximate surface area is 155 Å². The molecule has 1 N–H and O–H groups in total. The third-order valence-electron chi connectivity index (χ3n) is 4.73. The smallest absolute Gasteiger partial charge is 0.260 e. The first-order valence-electron chi connectivity index (χ1n) is 8.52. The fourth-order valence-electron chi connectivity index (χ4n) is 2.93. The van der Waals surface area contributed by atoms with Crippen molar-refractivity contribution in [3.8, 4) is 5.75 Å². The maximum Gasteiger partial charge on any atom is 0.260 e. The average Bonchev–Trinajstić information content (AvgIpc) is 3.38. The van der Waals surface area contributed by atoms with Crippen LogP contribution in [0.15, 0.2) is 18.2 Å². The van der Waals surface area contributed by atoms with Crippen LogP contribution in [0.1, 0.15) is 31.2 Å². The van der Waals surface area contributed by atoms with Gasteiger partial charge in [-0.05, 0) is 68.8 Å². The molecule has 1 aliphatic carbocycles. The van der Waals surface area contributed by atoms with Crippen molar-refractivity contribution in [1.29, 1.82) is 0 Å². The van der Waals surface area contributed by atoms with Gasteiger partial charge in [-0.1, -0.05) is 11.6 Å². The van der Waals surface area contributed by atoms with Crippen LogP contribution in [-0.2, 0) is 4.79 Å². The molecular formula is C18H26Cl2N2O2. The molecule has 24 heavy (non-hydrogen) atoms. The summed E-state index contributed by atoms with van der Waals surface area (Å²) in [5, 5.41) is 4.34. The third kappa shape index (κ3) is 5.54. The van der Waals surface area contributed by atoms with E-state index < -0.39 is 0 Å². The van der Waals surface area contributed by atoms with Crippen LogP contribution in [0.3, 0.4) is 0 Å². The minimum Gasteiger partial charge on any atom is -0.484 e. The molecule has 134 valence electrons. The summed E-state index contributed by atoms with van der Waals surface area (Å²) in [7, 11) is 0. The van der Waals surface area contributed by atoms with Crippen molar-refractivity contribution in [2.75, 3.05) is 26.2 Å². The number of carbonyl (C=O) groups is 1. The second kappa shape index (κ2) is 8.93. The summed E-state index contributed by atoms with van der Waals surface area (Å²) >= 11 is 5.99. The van der Waals surface area contributed by atoms with Crippen molar-refractivity contribution in [2.24, 2.45) is 5.92 Å². The van der Waals surface area contributed by atoms with Gasteiger partial charge in [0.15, 0.2) is 6.61 Å². The summed E-state index contributed by atoms with van der Waals surface area (Å²) in [6.07, 6.45) is 4.84. The predicted octanol–water partition coefficient (Wildman–Crippen LogP) is 3.44. The van der Waals surface area contributed by atoms with Crippen LogP contribution >= 0.6 is 24.0 Å². The molecule has 0 aromatic heterocycles. The molecule has 1 aromatic rings. The number of amides is 1. The Bertz CT molecular complexity index is 556. The number of aryl methyl sites for hydroxylation is 1. The lowest BCUT2D eigenvalue weighted by atomic mass is 10.0. The highest BCUT2D eigenvalue weighted by atomic mass is 35.5. The highest BCUT2D eigenvalue weighted by Crippen LogP contribution is 2.28. The molecule has 3 rings (SSSR count). The average molecular weight is 373 g/mol. The standard InChI is InChI=1S/C18H25ClN2O2.ClH/c1-13-10-16(4-5-17(13)19)23-12-18(22)21-8-6-15(7-9-21)20-11-14-2-3-14;/h4-5,10,14-15,20H,2-3,6-9,11-12H2,1H3;1H. The van der Waals surface area contributed by atoms with E-state index in [1.54, 1.807) is 12.1 Å². The maximum absolute atomic E-state index is 12.3. The summed E-state index contributed by atoms with van der Waals surface area (Å²) in [4.78, 5) is 14.2. The molecule has 2 fully saturated rings. The van der Waals surface area contributed by atoms with E-state index >= 15 is 0 Å². The van der Waals surface area contributed by atoms with Gasteiger partial charge in [0.1, 0.15) is 5.75 Å². The SMILES string of the molecule is Cc1cc(OCC(=O)N2CCC(NCC3CC3)CC2)ccc1Cl.Cl. The predicted molar refractivity (Wildman–Crippen MR) is 99.3 cm³/mol. The molecule has 1 aliphatic heterocycles. The number of rotatable bonds is 6. The molecular weight excluding hydrogens is 347 g/mol. The first-order chi connectivity index (χ1) is 11.1. The number of carbonyl (C=O) groups excluding carboxylic acids is 1. The Kier molecular flexibility index (Phi) is 7.20. The molecule has 0 bridgehead atoms. The highest BCUT2D eigenvalue weighted by molar-refractivity contribution is 6.31. The number of halogens is 2. The van der Waals surface area contributed by atoms with Gasteiger partial charge in [0.25, 0.3) is 5.91 Å². The molecule has 0 spiro atoms. The van der Waals surface area contributed by atoms with E-state index in [1.165, 1.54) is 12.8 Å². The number of nitrogens with zero attached hydrogens (tertiary/aromatic N) is 1. The fraction of sp³-hybridized carbons (Fsp3) is 0.611. The van der Waals surface area contributed by atoms with E-state index in [0.29, 0.717) is 16.8 Å². The summed E-state index contributed by atoms with van der Waals surface area (Å²) in [6, 6.07) is 6.04. The van der Waals surface area contributed by atoms with Crippen molar-refractivity contribution >= 4 is 29.9 Å². The zero-order valence-corrected chi connectivity index (χ0v) is 15.7. The van der Waals surface area contributed by atoms with Crippen LogP contribution in [0.5, 0.6) is 5.75 Å². The molecule has 1 heterocycles. The summed E-state index contributed by atoms with van der Waals surface area (Å²) in [5.74, 6) is 1.67. The number of ether oxygens (including phenoxy) is 1. The van der Waals surface area contributed by atoms with Crippen LogP contribution in [0, 0.1) is 12.8 Å². The van der Waals surface area contributed by atoms with E-state index in [4.69, 9.17) is 16.3 Å². The Hall–Kier alpha value is -0.970. The van der Waals surface area contributed by atoms with Gasteiger partial charge >= 0.3 is 0 Å². The van der Waals surface area contributed by atoms with Crippen molar-refractivity contribution in [1.82, 2.24) is 10.2 Å². The molecule has 1 saturated heterocycles. The van der Waals surface area contributed by atoms with Gasteiger partial charge in [0.05, 0.1) is 0 Å². The molecule has 1 saturated carbocycles. The number of benzene rings is 1. The third-order valence-corrected chi connectivity index (χ3v) is 5.16. The fourth-order valence-corrected chi connectivity index (χ4v) is 3.05. The van der Waals surface area contributed by atoms with Gasteiger partial charge in [0.2, 0.25) is 0 Å². The lowest BCUT2D eigenvalue weighted by Gasteiger charge is -2.32. The number of likely N-dealkylation sites (tertiary alicyclic amines) is 1. The van der Waals surface area contributed by atoms with Gasteiger partial charge in [-0.15, -0.1) is 12.4 Å². The number of nitrogens with one attached hydrogen (secondary N) is 1. The topological polar surface area (TPSA) is 41.6 Å². The normalized spacial score (nSPS) is 18.2. The van der Waals surface area contributed by atoms with E-state index in [-0.39, 0.29) is 24.9 Å². The molecule has 0 unspecified atom stereocenters. The summed E-state index contributed by atoms with van der Waals surface area (Å²) in [5.41, 5.74) is 0.958. The maximum atomic E-state index is 12.3. The van der Waals surface area contributed by atoms with E-state index in [9.17, 15) is 4.79 Å². The lowest BCUT2D eigenvalue weighted by molar-refractivity contribution is -0.134. The highest BCUT2D eigenvalue weighted by Gasteiger charge is 2.26. The Morgan fingerprint density at radius 3 is 2.62 bits per heavy atom. The van der Waals surface area contributed by atoms with Crippen molar-refractivity contribution in [3.05, 3.63) is 28.8 Å². The number of hydrogen-bond donors (Lipinski definition) is 1. The Morgan fingerprint density at radius 2 is 2.00 bits per heavy atom. The number of piperidine rings is 1. The van der Waals surface area contributed by atoms with Gasteiger partial charge in [0, 0.05) is 24.2 Å². The van der Waals surface area contributed by atoms with Gasteiger partial charge < -0.3 is 15.0 Å². The first-order valence-corrected chi connectivity index (χ1v) is 8.89. The molecule has 4 nitrogen and oxygen atoms in total. The van der Waals surface area contributed by atoms with Gasteiger partial charge in [-0.25, -0.2) is 0 Å². The van der Waals surface area contributed by atoms with Crippen LogP contribution in [0.2, 0.25) is 5.02 Å². The second-order valence-corrected chi connectivity index (χ2v) is 7.11. The summed E-state index contributed by atoms with van der Waals surface area (Å²) < 4.78 is 5.61. The van der Waals surface area contributed by atoms with E-state index in [1.807, 2.05) is 17.9 Å². The Balaban J connectivity index is 0.00000208. The van der Waals surface area contributed by atoms with Crippen molar-refractivity contribution in [2.45, 2.75) is 38.6 Å². The molecule has 2 aliphatic rings. The Morgan fingerprint density at radius 1 is 1.29 bits per heavy atom. The largest absolute Gasteiger partial charge is 0.484 e. The van der Waals surface area contributed by atoms with Crippen LogP contribution in [-0.4, -0.2) is 43.1 Å². The molecule has 0 atom stereocenters. The summed E-state index contributed by atoms with van der Waals surface area (Å²) in [6.45, 7) is 4.82. The zero-order chi connectivity index (χ0) is 16.2. The minimum absolute atomic E-state index is 0. The molecule has 0 radical (unpaired) electrons. The van der Waals surface area contributed by atoms with E-state index in [0.717, 1.165) is 44.0 Å². The first kappa shape index (κ1) is 19.4. The van der Waals surface area contributed by atoms with Crippen molar-refractivity contribution in [3.63, 3.8) is 0 Å². The quantitative estimate of drug-likeness (QED) is 0.831. The van der Waals surface area contributed by atoms with Gasteiger partial charge in [-0.2, -0.15) is 0 Å². The lowest BCUT2D eigenvalue weighted by Crippen LogP contribution is -2.46. The minimum atomic E-state index is 0. The molecule has 1 aromatic carbocycles. The van der Waals surface area contributed by atoms with E-state index in [2.05, 4.69) is 5.32 Å². The molecule has 1 amide bonds. The van der Waals surface area contributed by atoms with Crippen LogP contribution in [0.25, 0.3) is 0 Å². The van der Waals surface area contributed by atoms with Crippen LogP contribution < -0.4 is 10.1 Å². The molecule has 6 heteroatoms. The monoisotopic (exact) mass is 372 g/mol. The van der Waals surface area contributed by atoms with Crippen molar-refractivity contribution < 1.29 is 9.53 Å². The zero-order valence-electron chi connectivity index (χ0n) is 14.1. The van der Waals surface area contributed by atoms with Gasteiger partial charge in [-0.3, -0.25) is 4.79 Å². The number of hydrogen-bond acceptors (Lipinski definition) is 3.